The Morgan fingerprint density at radius 3 is 2.52 bits per heavy atom. The van der Waals surface area contributed by atoms with Crippen LogP contribution in [0.3, 0.4) is 0 Å². The number of halogens is 1. The molecule has 1 aromatic heterocycles. The van der Waals surface area contributed by atoms with Gasteiger partial charge in [-0.25, -0.2) is 4.79 Å². The Kier molecular flexibility index (Phi) is 4.33. The van der Waals surface area contributed by atoms with E-state index in [0.717, 1.165) is 0 Å². The van der Waals surface area contributed by atoms with Crippen LogP contribution in [-0.4, -0.2) is 18.6 Å². The van der Waals surface area contributed by atoms with Crippen molar-refractivity contribution in [1.29, 1.82) is 0 Å². The first kappa shape index (κ1) is 17.5. The summed E-state index contributed by atoms with van der Waals surface area (Å²) in [7, 11) is 1.56. The number of rotatable bonds is 2. The zero-order valence-electron chi connectivity index (χ0n) is 14.4. The summed E-state index contributed by atoms with van der Waals surface area (Å²) >= 11 is 3.41. The Morgan fingerprint density at radius 2 is 1.88 bits per heavy atom. The lowest BCUT2D eigenvalue weighted by Gasteiger charge is -2.21. The molecule has 5 nitrogen and oxygen atoms in total. The first-order valence-electron chi connectivity index (χ1n) is 7.77. The summed E-state index contributed by atoms with van der Waals surface area (Å²) in [5.74, 6) is 0.339. The topological polar surface area (TPSA) is 68.5 Å². The van der Waals surface area contributed by atoms with Crippen LogP contribution >= 0.6 is 15.9 Å². The second-order valence-electron chi connectivity index (χ2n) is 6.78. The van der Waals surface area contributed by atoms with E-state index in [0.29, 0.717) is 37.5 Å². The molecule has 3 rings (SSSR count). The normalized spacial score (nSPS) is 11.7. The minimum Gasteiger partial charge on any atom is -0.496 e. The zero-order chi connectivity index (χ0) is 18.4. The molecule has 1 heterocycles. The Morgan fingerprint density at radius 1 is 1.16 bits per heavy atom. The summed E-state index contributed by atoms with van der Waals surface area (Å²) in [5.41, 5.74) is -0.0735. The predicted molar refractivity (Wildman–Crippen MR) is 101 cm³/mol. The summed E-state index contributed by atoms with van der Waals surface area (Å²) < 4.78 is 11.2. The number of methoxy groups -OCH3 is 1. The average Bonchev–Trinajstić information content (AvgIpc) is 2.52. The number of benzene rings is 2. The molecule has 1 amide bonds. The first-order valence-corrected chi connectivity index (χ1v) is 8.57. The van der Waals surface area contributed by atoms with E-state index in [1.165, 1.54) is 0 Å². The molecule has 25 heavy (non-hydrogen) atoms. The molecule has 0 saturated carbocycles. The van der Waals surface area contributed by atoms with Gasteiger partial charge in [-0.2, -0.15) is 0 Å². The maximum atomic E-state index is 12.5. The molecular weight excluding hydrogens is 386 g/mol. The summed E-state index contributed by atoms with van der Waals surface area (Å²) in [4.78, 5) is 25.0. The lowest BCUT2D eigenvalue weighted by atomic mass is 10.0. The van der Waals surface area contributed by atoms with E-state index < -0.39 is 5.63 Å². The Hall–Kier alpha value is -2.34. The number of nitrogens with one attached hydrogen (secondary N) is 1. The molecule has 0 atom stereocenters. The quantitative estimate of drug-likeness (QED) is 0.512. The Labute approximate surface area is 153 Å². The van der Waals surface area contributed by atoms with E-state index in [-0.39, 0.29) is 11.4 Å². The molecule has 0 aliphatic heterocycles. The van der Waals surface area contributed by atoms with Crippen LogP contribution in [0.5, 0.6) is 5.75 Å². The summed E-state index contributed by atoms with van der Waals surface area (Å²) in [6, 6.07) is 8.72. The number of carbonyl (C=O) groups is 1. The van der Waals surface area contributed by atoms with Gasteiger partial charge in [-0.15, -0.1) is 0 Å². The van der Waals surface area contributed by atoms with Gasteiger partial charge in [-0.1, -0.05) is 12.1 Å². The molecule has 0 aliphatic carbocycles. The van der Waals surface area contributed by atoms with Gasteiger partial charge in [-0.3, -0.25) is 4.79 Å². The molecule has 6 heteroatoms. The third kappa shape index (κ3) is 3.14. The predicted octanol–water partition coefficient (Wildman–Crippen LogP) is 4.25. The molecule has 130 valence electrons. The van der Waals surface area contributed by atoms with Crippen LogP contribution in [-0.2, 0) is 0 Å². The van der Waals surface area contributed by atoms with Gasteiger partial charge < -0.3 is 14.5 Å². The fraction of sp³-hybridized carbons (Fsp3) is 0.263. The van der Waals surface area contributed by atoms with Crippen molar-refractivity contribution in [3.63, 3.8) is 0 Å². The number of carbonyl (C=O) groups excluding carboxylic acids is 1. The Balaban J connectivity index is 2.33. The minimum absolute atomic E-state index is 0.263. The number of ether oxygens (including phenoxy) is 1. The monoisotopic (exact) mass is 403 g/mol. The van der Waals surface area contributed by atoms with E-state index >= 15 is 0 Å². The van der Waals surface area contributed by atoms with Crippen LogP contribution in [0.15, 0.2) is 44.0 Å². The second kappa shape index (κ2) is 6.19. The van der Waals surface area contributed by atoms with Gasteiger partial charge >= 0.3 is 5.63 Å². The fourth-order valence-electron chi connectivity index (χ4n) is 2.75. The molecule has 0 fully saturated rings. The van der Waals surface area contributed by atoms with Crippen molar-refractivity contribution >= 4 is 43.6 Å². The van der Waals surface area contributed by atoms with Crippen molar-refractivity contribution in [3.8, 4) is 5.75 Å². The van der Waals surface area contributed by atoms with Crippen LogP contribution < -0.4 is 15.7 Å². The highest BCUT2D eigenvalue weighted by molar-refractivity contribution is 9.10. The van der Waals surface area contributed by atoms with Gasteiger partial charge in [0.25, 0.3) is 5.91 Å². The molecule has 2 aromatic carbocycles. The third-order valence-corrected chi connectivity index (χ3v) is 4.58. The number of hydrogen-bond donors (Lipinski definition) is 1. The largest absolute Gasteiger partial charge is 0.496 e. The van der Waals surface area contributed by atoms with E-state index in [1.54, 1.807) is 37.4 Å². The van der Waals surface area contributed by atoms with Crippen LogP contribution in [0.1, 0.15) is 31.1 Å². The van der Waals surface area contributed by atoms with E-state index in [1.807, 2.05) is 20.8 Å². The van der Waals surface area contributed by atoms with Crippen LogP contribution in [0, 0.1) is 0 Å². The van der Waals surface area contributed by atoms with Gasteiger partial charge in [0.05, 0.1) is 23.4 Å². The highest BCUT2D eigenvalue weighted by atomic mass is 79.9. The van der Waals surface area contributed by atoms with Crippen molar-refractivity contribution < 1.29 is 13.9 Å². The van der Waals surface area contributed by atoms with Gasteiger partial charge in [0.1, 0.15) is 11.3 Å². The van der Waals surface area contributed by atoms with Crippen molar-refractivity contribution in [2.45, 2.75) is 26.3 Å². The van der Waals surface area contributed by atoms with E-state index in [9.17, 15) is 9.59 Å². The van der Waals surface area contributed by atoms with Crippen LogP contribution in [0.4, 0.5) is 0 Å². The SMILES string of the molecule is COc1cccc2oc(=O)c3c(Br)c(C(=O)NC(C)(C)C)ccc3c12. The molecule has 0 spiro atoms. The van der Waals surface area contributed by atoms with Gasteiger partial charge in [0.15, 0.2) is 0 Å². The summed E-state index contributed by atoms with van der Waals surface area (Å²) in [5, 5.41) is 4.58. The van der Waals surface area contributed by atoms with Gasteiger partial charge in [0, 0.05) is 15.4 Å². The minimum atomic E-state index is -0.506. The van der Waals surface area contributed by atoms with Gasteiger partial charge in [0.2, 0.25) is 0 Å². The highest BCUT2D eigenvalue weighted by Gasteiger charge is 2.21. The molecule has 0 saturated heterocycles. The molecule has 3 aromatic rings. The maximum Gasteiger partial charge on any atom is 0.345 e. The summed E-state index contributed by atoms with van der Waals surface area (Å²) in [6.45, 7) is 5.69. The third-order valence-electron chi connectivity index (χ3n) is 3.76. The smallest absolute Gasteiger partial charge is 0.345 e. The Bertz CT molecular complexity index is 1050. The second-order valence-corrected chi connectivity index (χ2v) is 7.57. The molecule has 1 N–H and O–H groups in total. The van der Waals surface area contributed by atoms with Crippen molar-refractivity contribution in [2.75, 3.05) is 7.11 Å². The molecular formula is C19H18BrNO4. The van der Waals surface area contributed by atoms with Gasteiger partial charge in [-0.05, 0) is 54.9 Å². The van der Waals surface area contributed by atoms with E-state index in [4.69, 9.17) is 9.15 Å². The summed E-state index contributed by atoms with van der Waals surface area (Å²) in [6.07, 6.45) is 0. The molecule has 0 unspecified atom stereocenters. The maximum absolute atomic E-state index is 12.5. The number of hydrogen-bond acceptors (Lipinski definition) is 4. The average molecular weight is 404 g/mol. The standard InChI is InChI=1S/C19H18BrNO4/c1-19(2,3)21-17(22)11-9-8-10-14-12(24-4)6-5-7-13(14)25-18(23)15(10)16(11)20/h5-9H,1-4H3,(H,21,22). The molecule has 0 aliphatic rings. The lowest BCUT2D eigenvalue weighted by Crippen LogP contribution is -2.40. The van der Waals surface area contributed by atoms with Crippen LogP contribution in [0.25, 0.3) is 21.7 Å². The van der Waals surface area contributed by atoms with E-state index in [2.05, 4.69) is 21.2 Å². The molecule has 0 radical (unpaired) electrons. The van der Waals surface area contributed by atoms with Crippen molar-refractivity contribution in [1.82, 2.24) is 5.32 Å². The number of amides is 1. The van der Waals surface area contributed by atoms with Crippen molar-refractivity contribution in [3.05, 3.63) is 50.8 Å². The fourth-order valence-corrected chi connectivity index (χ4v) is 3.44. The highest BCUT2D eigenvalue weighted by Crippen LogP contribution is 2.35. The van der Waals surface area contributed by atoms with Crippen molar-refractivity contribution in [2.24, 2.45) is 0 Å². The van der Waals surface area contributed by atoms with Crippen LogP contribution in [0.2, 0.25) is 0 Å². The lowest BCUT2D eigenvalue weighted by molar-refractivity contribution is 0.0919. The molecule has 0 bridgehead atoms. The first-order chi connectivity index (χ1) is 11.7. The zero-order valence-corrected chi connectivity index (χ0v) is 16.0. The number of fused-ring (bicyclic) bond motifs is 3.